The maximum atomic E-state index is 11.7. The zero-order valence-electron chi connectivity index (χ0n) is 11.6. The lowest BCUT2D eigenvalue weighted by atomic mass is 10.2. The number of amides is 2. The zero-order chi connectivity index (χ0) is 15.0. The van der Waals surface area contributed by atoms with Crippen molar-refractivity contribution in [3.05, 3.63) is 24.2 Å². The Bertz CT molecular complexity index is 418. The van der Waals surface area contributed by atoms with Crippen LogP contribution in [-0.4, -0.2) is 47.6 Å². The van der Waals surface area contributed by atoms with Crippen LogP contribution in [0.1, 0.15) is 23.9 Å². The van der Waals surface area contributed by atoms with Crippen LogP contribution < -0.4 is 10.6 Å². The topological polar surface area (TPSA) is 91.6 Å². The van der Waals surface area contributed by atoms with Gasteiger partial charge in [-0.1, -0.05) is 0 Å². The van der Waals surface area contributed by atoms with Crippen LogP contribution in [-0.2, 0) is 4.79 Å². The first-order valence-corrected chi connectivity index (χ1v) is 7.62. The summed E-state index contributed by atoms with van der Waals surface area (Å²) in [6.45, 7) is 2.09. The number of aliphatic hydroxyl groups is 1. The first kappa shape index (κ1) is 16.6. The van der Waals surface area contributed by atoms with Crippen LogP contribution >= 0.6 is 11.8 Å². The van der Waals surface area contributed by atoms with E-state index in [1.54, 1.807) is 12.1 Å². The van der Waals surface area contributed by atoms with Crippen LogP contribution in [0.5, 0.6) is 0 Å². The molecule has 2 unspecified atom stereocenters. The molecule has 0 saturated heterocycles. The van der Waals surface area contributed by atoms with Gasteiger partial charge >= 0.3 is 0 Å². The fourth-order valence-electron chi connectivity index (χ4n) is 1.64. The van der Waals surface area contributed by atoms with Gasteiger partial charge in [-0.2, -0.15) is 11.8 Å². The van der Waals surface area contributed by atoms with Crippen LogP contribution in [0.2, 0.25) is 0 Å². The molecule has 0 radical (unpaired) electrons. The van der Waals surface area contributed by atoms with E-state index in [2.05, 4.69) is 10.6 Å². The fraction of sp³-hybridized carbons (Fsp3) is 0.538. The van der Waals surface area contributed by atoms with Gasteiger partial charge in [-0.3, -0.25) is 9.59 Å². The summed E-state index contributed by atoms with van der Waals surface area (Å²) in [5.74, 6) is -0.278. The highest BCUT2D eigenvalue weighted by molar-refractivity contribution is 7.99. The Morgan fingerprint density at radius 2 is 2.25 bits per heavy atom. The van der Waals surface area contributed by atoms with Gasteiger partial charge in [0, 0.05) is 24.3 Å². The molecule has 0 bridgehead atoms. The van der Waals surface area contributed by atoms with Gasteiger partial charge in [0.25, 0.3) is 5.91 Å². The highest BCUT2D eigenvalue weighted by Gasteiger charge is 2.17. The molecule has 0 aliphatic rings. The van der Waals surface area contributed by atoms with Crippen LogP contribution in [0.3, 0.4) is 0 Å². The van der Waals surface area contributed by atoms with E-state index in [0.717, 1.165) is 0 Å². The number of thioether (sulfide) groups is 1. The zero-order valence-corrected chi connectivity index (χ0v) is 12.4. The summed E-state index contributed by atoms with van der Waals surface area (Å²) in [7, 11) is 0. The number of furan rings is 1. The Labute approximate surface area is 122 Å². The smallest absolute Gasteiger partial charge is 0.286 e. The van der Waals surface area contributed by atoms with Gasteiger partial charge in [-0.25, -0.2) is 0 Å². The molecule has 1 rings (SSSR count). The second kappa shape index (κ2) is 8.65. The molecule has 0 fully saturated rings. The first-order chi connectivity index (χ1) is 9.58. The summed E-state index contributed by atoms with van der Waals surface area (Å²) in [6, 6.07) is 3.06. The summed E-state index contributed by atoms with van der Waals surface area (Å²) < 4.78 is 4.93. The maximum absolute atomic E-state index is 11.7. The predicted molar refractivity (Wildman–Crippen MR) is 77.7 cm³/mol. The Morgan fingerprint density at radius 3 is 2.80 bits per heavy atom. The number of hydrogen-bond donors (Lipinski definition) is 3. The Hall–Kier alpha value is -1.47. The molecule has 1 heterocycles. The monoisotopic (exact) mass is 300 g/mol. The average molecular weight is 300 g/mol. The van der Waals surface area contributed by atoms with Crippen molar-refractivity contribution in [1.29, 1.82) is 0 Å². The quantitative estimate of drug-likeness (QED) is 0.655. The van der Waals surface area contributed by atoms with E-state index in [0.29, 0.717) is 0 Å². The number of aliphatic hydroxyl groups excluding tert-OH is 1. The van der Waals surface area contributed by atoms with Crippen molar-refractivity contribution >= 4 is 23.6 Å². The van der Waals surface area contributed by atoms with Crippen molar-refractivity contribution < 1.29 is 19.1 Å². The number of carbonyl (C=O) groups excluding carboxylic acids is 2. The van der Waals surface area contributed by atoms with Crippen LogP contribution in [0.25, 0.3) is 0 Å². The summed E-state index contributed by atoms with van der Waals surface area (Å²) in [6.07, 6.45) is 3.48. The van der Waals surface area contributed by atoms with E-state index in [4.69, 9.17) is 9.52 Å². The van der Waals surface area contributed by atoms with E-state index in [-0.39, 0.29) is 48.4 Å². The van der Waals surface area contributed by atoms with Crippen LogP contribution in [0, 0.1) is 0 Å². The number of carbonyl (C=O) groups is 2. The lowest BCUT2D eigenvalue weighted by Gasteiger charge is -2.21. The van der Waals surface area contributed by atoms with Gasteiger partial charge in [-0.15, -0.1) is 0 Å². The van der Waals surface area contributed by atoms with Gasteiger partial charge in [-0.05, 0) is 25.3 Å². The molecule has 0 saturated carbocycles. The molecule has 6 nitrogen and oxygen atoms in total. The van der Waals surface area contributed by atoms with E-state index >= 15 is 0 Å². The second-order valence-electron chi connectivity index (χ2n) is 4.30. The van der Waals surface area contributed by atoms with Gasteiger partial charge in [0.2, 0.25) is 5.91 Å². The molecular weight excluding hydrogens is 280 g/mol. The Morgan fingerprint density at radius 1 is 1.50 bits per heavy atom. The highest BCUT2D eigenvalue weighted by Crippen LogP contribution is 2.10. The molecule has 0 aliphatic heterocycles. The molecule has 1 aromatic rings. The summed E-state index contributed by atoms with van der Waals surface area (Å²) in [5, 5.41) is 14.5. The molecule has 0 spiro atoms. The molecule has 2 amide bonds. The molecule has 2 atom stereocenters. The minimum absolute atomic E-state index is 0.0117. The fourth-order valence-corrected chi connectivity index (χ4v) is 2.27. The van der Waals surface area contributed by atoms with E-state index in [1.165, 1.54) is 18.0 Å². The van der Waals surface area contributed by atoms with E-state index in [9.17, 15) is 9.59 Å². The molecule has 112 valence electrons. The molecule has 7 heteroatoms. The third-order valence-corrected chi connectivity index (χ3v) is 3.97. The summed E-state index contributed by atoms with van der Waals surface area (Å²) >= 11 is 1.50. The lowest BCUT2D eigenvalue weighted by Crippen LogP contribution is -2.42. The van der Waals surface area contributed by atoms with Gasteiger partial charge < -0.3 is 20.2 Å². The van der Waals surface area contributed by atoms with Crippen molar-refractivity contribution in [1.82, 2.24) is 10.6 Å². The first-order valence-electron chi connectivity index (χ1n) is 6.33. The minimum atomic E-state index is -0.340. The largest absolute Gasteiger partial charge is 0.459 e. The standard InChI is InChI=1S/C13H20N2O4S/c1-9(11(8-16)20-2)15-12(17)5-6-14-13(18)10-4-3-7-19-10/h3-4,7,9,11,16H,5-6,8H2,1-2H3,(H,14,18)(H,15,17). The number of rotatable bonds is 8. The Balaban J connectivity index is 2.25. The highest BCUT2D eigenvalue weighted by atomic mass is 32.2. The molecule has 0 aromatic carbocycles. The van der Waals surface area contributed by atoms with Crippen LogP contribution in [0.4, 0.5) is 0 Å². The predicted octanol–water partition coefficient (Wildman–Crippen LogP) is 0.628. The van der Waals surface area contributed by atoms with E-state index < -0.39 is 0 Å². The average Bonchev–Trinajstić information content (AvgIpc) is 2.93. The molecule has 1 aromatic heterocycles. The maximum Gasteiger partial charge on any atom is 0.286 e. The van der Waals surface area contributed by atoms with Crippen molar-refractivity contribution in [2.75, 3.05) is 19.4 Å². The van der Waals surface area contributed by atoms with Gasteiger partial charge in [0.15, 0.2) is 5.76 Å². The van der Waals surface area contributed by atoms with Crippen molar-refractivity contribution in [3.8, 4) is 0 Å². The number of hydrogen-bond acceptors (Lipinski definition) is 5. The van der Waals surface area contributed by atoms with Crippen molar-refractivity contribution in [3.63, 3.8) is 0 Å². The molecule has 3 N–H and O–H groups in total. The van der Waals surface area contributed by atoms with Crippen molar-refractivity contribution in [2.24, 2.45) is 0 Å². The summed E-state index contributed by atoms with van der Waals surface area (Å²) in [4.78, 5) is 23.2. The third kappa shape index (κ3) is 5.26. The molecular formula is C13H20N2O4S. The van der Waals surface area contributed by atoms with Gasteiger partial charge in [0.1, 0.15) is 0 Å². The van der Waals surface area contributed by atoms with Gasteiger partial charge in [0.05, 0.1) is 12.9 Å². The minimum Gasteiger partial charge on any atom is -0.459 e. The molecule has 20 heavy (non-hydrogen) atoms. The Kier molecular flexibility index (Phi) is 7.17. The summed E-state index contributed by atoms with van der Waals surface area (Å²) in [5.41, 5.74) is 0. The lowest BCUT2D eigenvalue weighted by molar-refractivity contribution is -0.121. The molecule has 0 aliphatic carbocycles. The second-order valence-corrected chi connectivity index (χ2v) is 5.37. The number of nitrogens with one attached hydrogen (secondary N) is 2. The van der Waals surface area contributed by atoms with Crippen molar-refractivity contribution in [2.45, 2.75) is 24.6 Å². The third-order valence-electron chi connectivity index (χ3n) is 2.81. The van der Waals surface area contributed by atoms with Crippen LogP contribution in [0.15, 0.2) is 22.8 Å². The van der Waals surface area contributed by atoms with E-state index in [1.807, 2.05) is 13.2 Å². The normalized spacial score (nSPS) is 13.6. The SMILES string of the molecule is CSC(CO)C(C)NC(=O)CCNC(=O)c1ccco1.